The highest BCUT2D eigenvalue weighted by molar-refractivity contribution is 5.61. The summed E-state index contributed by atoms with van der Waals surface area (Å²) in [5, 5.41) is 22.4. The number of aliphatic hydroxyl groups is 1. The molecule has 0 aromatic heterocycles. The maximum Gasteiger partial charge on any atom is 0.327 e. The summed E-state index contributed by atoms with van der Waals surface area (Å²) in [4.78, 5) is 9.99. The van der Waals surface area contributed by atoms with Crippen molar-refractivity contribution in [3.8, 4) is 0 Å². The normalized spacial score (nSPS) is 12.2. The summed E-state index contributed by atoms with van der Waals surface area (Å²) in [6.45, 7) is 2.55. The van der Waals surface area contributed by atoms with Gasteiger partial charge in [-0.15, -0.1) is 0 Å². The van der Waals surface area contributed by atoms with E-state index in [2.05, 4.69) is 5.32 Å². The Hall–Kier alpha value is -1.69. The molecule has 1 aromatic rings. The van der Waals surface area contributed by atoms with E-state index in [0.29, 0.717) is 6.54 Å². The van der Waals surface area contributed by atoms with Crippen LogP contribution in [0.25, 0.3) is 0 Å². The fourth-order valence-electron chi connectivity index (χ4n) is 1.61. The van der Waals surface area contributed by atoms with Crippen LogP contribution < -0.4 is 5.32 Å². The Morgan fingerprint density at radius 2 is 2.28 bits per heavy atom. The average Bonchev–Trinajstić information content (AvgIpc) is 2.33. The highest BCUT2D eigenvalue weighted by Gasteiger charge is 2.19. The number of nitro benzene ring substituents is 1. The lowest BCUT2D eigenvalue weighted by molar-refractivity contribution is -0.386. The third-order valence-electron chi connectivity index (χ3n) is 2.67. The Bertz CT molecular complexity index is 412. The van der Waals surface area contributed by atoms with Gasteiger partial charge in [0.1, 0.15) is 5.69 Å². The highest BCUT2D eigenvalue weighted by Crippen LogP contribution is 2.27. The number of rotatable bonds is 7. The van der Waals surface area contributed by atoms with E-state index >= 15 is 0 Å². The zero-order valence-electron chi connectivity index (χ0n) is 10.2. The van der Waals surface area contributed by atoms with E-state index in [-0.39, 0.29) is 18.2 Å². The van der Waals surface area contributed by atoms with Crippen LogP contribution in [0.5, 0.6) is 0 Å². The molecular weight excluding hydrogens is 239 g/mol. The van der Waals surface area contributed by atoms with Crippen LogP contribution in [0.4, 0.5) is 15.8 Å². The van der Waals surface area contributed by atoms with Crippen molar-refractivity contribution in [1.82, 2.24) is 0 Å². The molecule has 1 rings (SSSR count). The van der Waals surface area contributed by atoms with Crippen LogP contribution in [0.2, 0.25) is 0 Å². The summed E-state index contributed by atoms with van der Waals surface area (Å²) in [7, 11) is 0. The van der Waals surface area contributed by atoms with Crippen molar-refractivity contribution in [2.75, 3.05) is 18.5 Å². The van der Waals surface area contributed by atoms with Gasteiger partial charge in [-0.2, -0.15) is 4.39 Å². The molecule has 5 nitrogen and oxygen atoms in total. The van der Waals surface area contributed by atoms with Crippen LogP contribution in [0.1, 0.15) is 19.8 Å². The Labute approximate surface area is 105 Å². The molecule has 18 heavy (non-hydrogen) atoms. The van der Waals surface area contributed by atoms with Gasteiger partial charge in [-0.1, -0.05) is 13.0 Å². The minimum Gasteiger partial charge on any atom is -0.396 e. The van der Waals surface area contributed by atoms with Crippen LogP contribution in [0.3, 0.4) is 0 Å². The molecule has 6 heteroatoms. The minimum atomic E-state index is -0.839. The number of para-hydroxylation sites is 1. The quantitative estimate of drug-likeness (QED) is 0.446. The van der Waals surface area contributed by atoms with Gasteiger partial charge in [-0.25, -0.2) is 0 Å². The Balaban J connectivity index is 2.57. The number of hydrogen-bond acceptors (Lipinski definition) is 4. The van der Waals surface area contributed by atoms with Gasteiger partial charge >= 0.3 is 5.69 Å². The van der Waals surface area contributed by atoms with E-state index in [1.165, 1.54) is 12.1 Å². The molecule has 0 aliphatic heterocycles. The molecule has 100 valence electrons. The molecule has 0 amide bonds. The number of aliphatic hydroxyl groups excluding tert-OH is 1. The Kier molecular flexibility index (Phi) is 5.51. The van der Waals surface area contributed by atoms with E-state index in [1.807, 2.05) is 6.92 Å². The largest absolute Gasteiger partial charge is 0.396 e. The zero-order valence-corrected chi connectivity index (χ0v) is 10.2. The first-order valence-corrected chi connectivity index (χ1v) is 5.84. The molecular formula is C12H17FN2O3. The Morgan fingerprint density at radius 3 is 2.89 bits per heavy atom. The summed E-state index contributed by atoms with van der Waals surface area (Å²) in [5.74, 6) is -0.636. The van der Waals surface area contributed by atoms with Gasteiger partial charge in [0.2, 0.25) is 5.82 Å². The molecule has 1 atom stereocenters. The number of nitrogens with zero attached hydrogens (tertiary/aromatic N) is 1. The average molecular weight is 256 g/mol. The molecule has 0 fully saturated rings. The van der Waals surface area contributed by atoms with E-state index in [1.54, 1.807) is 0 Å². The van der Waals surface area contributed by atoms with Gasteiger partial charge in [0.15, 0.2) is 0 Å². The fourth-order valence-corrected chi connectivity index (χ4v) is 1.61. The van der Waals surface area contributed by atoms with Crippen molar-refractivity contribution in [2.45, 2.75) is 19.8 Å². The van der Waals surface area contributed by atoms with E-state index in [0.717, 1.165) is 18.9 Å². The second-order valence-electron chi connectivity index (χ2n) is 4.25. The molecule has 0 aliphatic rings. The maximum absolute atomic E-state index is 13.3. The summed E-state index contributed by atoms with van der Waals surface area (Å²) in [6, 6.07) is 3.98. The topological polar surface area (TPSA) is 75.4 Å². The number of hydrogen-bond donors (Lipinski definition) is 2. The molecule has 0 saturated carbocycles. The molecule has 0 radical (unpaired) electrons. The molecule has 0 saturated heterocycles. The SMILES string of the molecule is CC(CO)CCCNc1cccc(F)c1[N+](=O)[O-]. The second-order valence-corrected chi connectivity index (χ2v) is 4.25. The number of nitro groups is 1. The standard InChI is InChI=1S/C12H17FN2O3/c1-9(8-16)4-3-7-14-11-6-2-5-10(13)12(11)15(17)18/h2,5-6,9,14,16H,3-4,7-8H2,1H3. The molecule has 0 bridgehead atoms. The van der Waals surface area contributed by atoms with Crippen molar-refractivity contribution >= 4 is 11.4 Å². The number of anilines is 1. The molecule has 0 heterocycles. The first-order valence-electron chi connectivity index (χ1n) is 5.84. The van der Waals surface area contributed by atoms with Crippen LogP contribution >= 0.6 is 0 Å². The van der Waals surface area contributed by atoms with Gasteiger partial charge in [0.05, 0.1) is 4.92 Å². The predicted octanol–water partition coefficient (Wildman–Crippen LogP) is 2.55. The lowest BCUT2D eigenvalue weighted by Gasteiger charge is -2.09. The number of benzene rings is 1. The van der Waals surface area contributed by atoms with Gasteiger partial charge in [-0.05, 0) is 30.9 Å². The monoisotopic (exact) mass is 256 g/mol. The first-order chi connectivity index (χ1) is 8.56. The third kappa shape index (κ3) is 3.96. The lowest BCUT2D eigenvalue weighted by Crippen LogP contribution is -2.08. The summed E-state index contributed by atoms with van der Waals surface area (Å²) in [6.07, 6.45) is 1.57. The van der Waals surface area contributed by atoms with E-state index in [4.69, 9.17) is 5.11 Å². The lowest BCUT2D eigenvalue weighted by atomic mass is 10.1. The van der Waals surface area contributed by atoms with Crippen molar-refractivity contribution in [3.63, 3.8) is 0 Å². The van der Waals surface area contributed by atoms with E-state index < -0.39 is 16.4 Å². The van der Waals surface area contributed by atoms with Gasteiger partial charge in [-0.3, -0.25) is 10.1 Å². The van der Waals surface area contributed by atoms with Crippen molar-refractivity contribution in [2.24, 2.45) is 5.92 Å². The minimum absolute atomic E-state index is 0.125. The molecule has 0 spiro atoms. The van der Waals surface area contributed by atoms with Crippen LogP contribution in [0, 0.1) is 21.8 Å². The van der Waals surface area contributed by atoms with Gasteiger partial charge in [0.25, 0.3) is 0 Å². The predicted molar refractivity (Wildman–Crippen MR) is 67.0 cm³/mol. The van der Waals surface area contributed by atoms with Crippen molar-refractivity contribution in [1.29, 1.82) is 0 Å². The summed E-state index contributed by atoms with van der Waals surface area (Å²) >= 11 is 0. The van der Waals surface area contributed by atoms with Crippen LogP contribution in [0.15, 0.2) is 18.2 Å². The second kappa shape index (κ2) is 6.90. The highest BCUT2D eigenvalue weighted by atomic mass is 19.1. The first kappa shape index (κ1) is 14.4. The molecule has 1 aromatic carbocycles. The molecule has 0 aliphatic carbocycles. The zero-order chi connectivity index (χ0) is 13.5. The smallest absolute Gasteiger partial charge is 0.327 e. The Morgan fingerprint density at radius 1 is 1.56 bits per heavy atom. The van der Waals surface area contributed by atoms with Crippen LogP contribution in [-0.4, -0.2) is 23.2 Å². The molecule has 2 N–H and O–H groups in total. The van der Waals surface area contributed by atoms with Crippen LogP contribution in [-0.2, 0) is 0 Å². The van der Waals surface area contributed by atoms with Crippen molar-refractivity contribution < 1.29 is 14.4 Å². The van der Waals surface area contributed by atoms with Crippen molar-refractivity contribution in [3.05, 3.63) is 34.1 Å². The van der Waals surface area contributed by atoms with Gasteiger partial charge in [0, 0.05) is 13.2 Å². The fraction of sp³-hybridized carbons (Fsp3) is 0.500. The van der Waals surface area contributed by atoms with E-state index in [9.17, 15) is 14.5 Å². The number of nitrogens with one attached hydrogen (secondary N) is 1. The third-order valence-corrected chi connectivity index (χ3v) is 2.67. The summed E-state index contributed by atoms with van der Waals surface area (Å²) in [5.41, 5.74) is -0.329. The summed E-state index contributed by atoms with van der Waals surface area (Å²) < 4.78 is 13.3. The molecule has 1 unspecified atom stereocenters. The maximum atomic E-state index is 13.3. The number of halogens is 1. The van der Waals surface area contributed by atoms with Gasteiger partial charge < -0.3 is 10.4 Å².